The number of aromatic nitrogens is 2. The van der Waals surface area contributed by atoms with Gasteiger partial charge in [-0.15, -0.1) is 0 Å². The smallest absolute Gasteiger partial charge is 0.137 e. The third kappa shape index (κ3) is 1.17. The molecule has 0 radical (unpaired) electrons. The number of rotatable bonds is 2. The maximum atomic E-state index is 14.0. The van der Waals surface area contributed by atoms with Crippen LogP contribution in [0.4, 0.5) is 4.39 Å². The normalized spacial score (nSPS) is 25.4. The van der Waals surface area contributed by atoms with E-state index >= 15 is 0 Å². The fourth-order valence-corrected chi connectivity index (χ4v) is 2.26. The van der Waals surface area contributed by atoms with Gasteiger partial charge in [-0.25, -0.2) is 4.39 Å². The molecule has 1 aliphatic rings. The molecule has 3 nitrogen and oxygen atoms in total. The van der Waals surface area contributed by atoms with Crippen molar-refractivity contribution in [2.45, 2.75) is 45.5 Å². The summed E-state index contributed by atoms with van der Waals surface area (Å²) in [5.74, 6) is 0. The highest BCUT2D eigenvalue weighted by atomic mass is 19.1. The zero-order valence-corrected chi connectivity index (χ0v) is 8.55. The summed E-state index contributed by atoms with van der Waals surface area (Å²) in [6.07, 6.45) is 1.23. The molecule has 0 aliphatic heterocycles. The minimum Gasteiger partial charge on any atom is -0.390 e. The Labute approximate surface area is 82.5 Å². The van der Waals surface area contributed by atoms with Gasteiger partial charge in [-0.3, -0.25) is 4.68 Å². The molecule has 0 saturated heterocycles. The summed E-state index contributed by atoms with van der Waals surface area (Å²) in [4.78, 5) is 0. The van der Waals surface area contributed by atoms with Crippen LogP contribution in [0.15, 0.2) is 0 Å². The molecule has 1 heterocycles. The predicted octanol–water partition coefficient (Wildman–Crippen LogP) is 1.53. The van der Waals surface area contributed by atoms with Gasteiger partial charge in [0.05, 0.1) is 12.3 Å². The van der Waals surface area contributed by atoms with E-state index in [1.165, 1.54) is 0 Å². The van der Waals surface area contributed by atoms with Crippen LogP contribution in [0.1, 0.15) is 37.2 Å². The van der Waals surface area contributed by atoms with Crippen LogP contribution in [0.5, 0.6) is 0 Å². The molecule has 0 aromatic carbocycles. The number of hydrogen-bond acceptors (Lipinski definition) is 2. The molecule has 0 bridgehead atoms. The maximum absolute atomic E-state index is 14.0. The number of fused-ring (bicyclic) bond motifs is 1. The highest BCUT2D eigenvalue weighted by Crippen LogP contribution is 2.41. The third-order valence-electron chi connectivity index (χ3n) is 2.93. The molecule has 1 atom stereocenters. The second-order valence-electron chi connectivity index (χ2n) is 3.94. The molecule has 1 aromatic rings. The summed E-state index contributed by atoms with van der Waals surface area (Å²) in [7, 11) is 0. The van der Waals surface area contributed by atoms with Gasteiger partial charge in [0.15, 0.2) is 0 Å². The van der Waals surface area contributed by atoms with Gasteiger partial charge in [-0.2, -0.15) is 5.10 Å². The van der Waals surface area contributed by atoms with Crippen LogP contribution in [-0.4, -0.2) is 14.9 Å². The standard InChI is InChI=1S/C10H15FN2O/c1-3-13-8-4-5-10(2,11)9(8)7(6-14)12-13/h14H,3-6H2,1-2H3. The number of aryl methyl sites for hydroxylation is 1. The molecule has 2 rings (SSSR count). The van der Waals surface area contributed by atoms with Crippen molar-refractivity contribution in [3.63, 3.8) is 0 Å². The Kier molecular flexibility index (Phi) is 2.10. The van der Waals surface area contributed by atoms with Gasteiger partial charge in [0.1, 0.15) is 5.67 Å². The number of aliphatic hydroxyl groups excluding tert-OH is 1. The van der Waals surface area contributed by atoms with Crippen molar-refractivity contribution in [1.82, 2.24) is 9.78 Å². The Balaban J connectivity index is 2.57. The lowest BCUT2D eigenvalue weighted by Gasteiger charge is -2.13. The van der Waals surface area contributed by atoms with Crippen molar-refractivity contribution >= 4 is 0 Å². The summed E-state index contributed by atoms with van der Waals surface area (Å²) in [5.41, 5.74) is 0.786. The first-order valence-electron chi connectivity index (χ1n) is 4.99. The van der Waals surface area contributed by atoms with Gasteiger partial charge in [0.2, 0.25) is 0 Å². The van der Waals surface area contributed by atoms with E-state index in [4.69, 9.17) is 5.11 Å². The lowest BCUT2D eigenvalue weighted by Crippen LogP contribution is -2.12. The van der Waals surface area contributed by atoms with Crippen LogP contribution >= 0.6 is 0 Å². The van der Waals surface area contributed by atoms with Crippen LogP contribution in [0.3, 0.4) is 0 Å². The van der Waals surface area contributed by atoms with Crippen LogP contribution in [-0.2, 0) is 25.2 Å². The zero-order valence-electron chi connectivity index (χ0n) is 8.55. The van der Waals surface area contributed by atoms with E-state index in [0.29, 0.717) is 17.7 Å². The number of aliphatic hydroxyl groups is 1. The molecular weight excluding hydrogens is 183 g/mol. The van der Waals surface area contributed by atoms with Crippen molar-refractivity contribution in [2.75, 3.05) is 0 Å². The van der Waals surface area contributed by atoms with E-state index < -0.39 is 5.67 Å². The Hall–Kier alpha value is -0.900. The fraction of sp³-hybridized carbons (Fsp3) is 0.700. The molecule has 1 aliphatic carbocycles. The molecule has 0 spiro atoms. The van der Waals surface area contributed by atoms with Crippen LogP contribution in [0.25, 0.3) is 0 Å². The van der Waals surface area contributed by atoms with Crippen molar-refractivity contribution < 1.29 is 9.50 Å². The average molecular weight is 198 g/mol. The second kappa shape index (κ2) is 3.05. The summed E-state index contributed by atoms with van der Waals surface area (Å²) in [6.45, 7) is 4.11. The van der Waals surface area contributed by atoms with Crippen molar-refractivity contribution in [3.05, 3.63) is 17.0 Å². The molecule has 1 N–H and O–H groups in total. The first kappa shape index (κ1) is 9.65. The first-order chi connectivity index (χ1) is 6.60. The van der Waals surface area contributed by atoms with Gasteiger partial charge in [0.25, 0.3) is 0 Å². The fourth-order valence-electron chi connectivity index (χ4n) is 2.26. The summed E-state index contributed by atoms with van der Waals surface area (Å²) < 4.78 is 15.8. The first-order valence-corrected chi connectivity index (χ1v) is 4.99. The molecule has 14 heavy (non-hydrogen) atoms. The van der Waals surface area contributed by atoms with Gasteiger partial charge in [-0.1, -0.05) is 0 Å². The van der Waals surface area contributed by atoms with E-state index in [9.17, 15) is 4.39 Å². The Morgan fingerprint density at radius 3 is 2.93 bits per heavy atom. The van der Waals surface area contributed by atoms with Crippen LogP contribution in [0.2, 0.25) is 0 Å². The summed E-state index contributed by atoms with van der Waals surface area (Å²) in [6, 6.07) is 0. The quantitative estimate of drug-likeness (QED) is 0.782. The number of halogens is 1. The minimum absolute atomic E-state index is 0.172. The van der Waals surface area contributed by atoms with Crippen LogP contribution < -0.4 is 0 Å². The third-order valence-corrected chi connectivity index (χ3v) is 2.93. The van der Waals surface area contributed by atoms with E-state index in [0.717, 1.165) is 18.7 Å². The average Bonchev–Trinajstić information content (AvgIpc) is 2.65. The Morgan fingerprint density at radius 1 is 1.64 bits per heavy atom. The lowest BCUT2D eigenvalue weighted by molar-refractivity contribution is 0.186. The molecule has 0 fully saturated rings. The van der Waals surface area contributed by atoms with E-state index in [1.807, 2.05) is 6.92 Å². The maximum Gasteiger partial charge on any atom is 0.137 e. The zero-order chi connectivity index (χ0) is 10.3. The van der Waals surface area contributed by atoms with Crippen molar-refractivity contribution in [1.29, 1.82) is 0 Å². The topological polar surface area (TPSA) is 38.0 Å². The van der Waals surface area contributed by atoms with E-state index in [-0.39, 0.29) is 6.61 Å². The van der Waals surface area contributed by atoms with Gasteiger partial charge in [-0.05, 0) is 26.7 Å². The van der Waals surface area contributed by atoms with Gasteiger partial charge in [0, 0.05) is 17.8 Å². The van der Waals surface area contributed by atoms with Gasteiger partial charge >= 0.3 is 0 Å². The van der Waals surface area contributed by atoms with Crippen molar-refractivity contribution in [3.8, 4) is 0 Å². The second-order valence-corrected chi connectivity index (χ2v) is 3.94. The molecule has 1 aromatic heterocycles. The Morgan fingerprint density at radius 2 is 2.36 bits per heavy atom. The molecule has 4 heteroatoms. The van der Waals surface area contributed by atoms with Gasteiger partial charge < -0.3 is 5.11 Å². The number of nitrogens with zero attached hydrogens (tertiary/aromatic N) is 2. The lowest BCUT2D eigenvalue weighted by atomic mass is 10.0. The molecule has 1 unspecified atom stereocenters. The van der Waals surface area contributed by atoms with Crippen LogP contribution in [0, 0.1) is 0 Å². The molecule has 78 valence electrons. The molecule has 0 saturated carbocycles. The highest BCUT2D eigenvalue weighted by Gasteiger charge is 2.39. The monoisotopic (exact) mass is 198 g/mol. The predicted molar refractivity (Wildman–Crippen MR) is 50.6 cm³/mol. The van der Waals surface area contributed by atoms with Crippen molar-refractivity contribution in [2.24, 2.45) is 0 Å². The molecule has 0 amide bonds. The summed E-state index contributed by atoms with van der Waals surface area (Å²) >= 11 is 0. The Bertz CT molecular complexity index is 357. The largest absolute Gasteiger partial charge is 0.390 e. The number of alkyl halides is 1. The number of hydrogen-bond donors (Lipinski definition) is 1. The minimum atomic E-state index is -1.30. The molecular formula is C10H15FN2O. The highest BCUT2D eigenvalue weighted by molar-refractivity contribution is 5.36. The SMILES string of the molecule is CCn1nc(CO)c2c1CCC2(C)F. The van der Waals surface area contributed by atoms with E-state index in [1.54, 1.807) is 11.6 Å². The summed E-state index contributed by atoms with van der Waals surface area (Å²) in [5, 5.41) is 13.3. The van der Waals surface area contributed by atoms with E-state index in [2.05, 4.69) is 5.10 Å².